The number of hydrogen-bond donors (Lipinski definition) is 2. The minimum absolute atomic E-state index is 0.169. The SMILES string of the molecule is CCC(CC)CNc1ncc2c(-c3ccc(CN4CCN(CCCCOCCCc5ccc(N(C)C(CCC=O)C(=O)NC)c(N(C)C=O)c5)CC4)cc3)cn(C3CCCCC3)c2n1. The molecule has 64 heavy (non-hydrogen) atoms. The van der Waals surface area contributed by atoms with E-state index in [0.717, 1.165) is 138 Å². The lowest BCUT2D eigenvalue weighted by atomic mass is 9.95. The van der Waals surface area contributed by atoms with Crippen LogP contribution in [0.5, 0.6) is 0 Å². The van der Waals surface area contributed by atoms with Gasteiger partial charge >= 0.3 is 0 Å². The second kappa shape index (κ2) is 25.0. The van der Waals surface area contributed by atoms with Crippen LogP contribution in [-0.2, 0) is 32.1 Å². The van der Waals surface area contributed by atoms with Crippen LogP contribution in [0.1, 0.15) is 108 Å². The molecule has 0 radical (unpaired) electrons. The van der Waals surface area contributed by atoms with Crippen LogP contribution in [0.4, 0.5) is 17.3 Å². The van der Waals surface area contributed by atoms with E-state index in [0.29, 0.717) is 25.0 Å². The van der Waals surface area contributed by atoms with Gasteiger partial charge in [0.1, 0.15) is 18.0 Å². The van der Waals surface area contributed by atoms with Crippen molar-refractivity contribution < 1.29 is 19.1 Å². The zero-order chi connectivity index (χ0) is 45.3. The smallest absolute Gasteiger partial charge is 0.242 e. The number of benzene rings is 2. The summed E-state index contributed by atoms with van der Waals surface area (Å²) in [4.78, 5) is 53.9. The number of piperazine rings is 1. The zero-order valence-corrected chi connectivity index (χ0v) is 39.4. The molecular weight excluding hydrogens is 803 g/mol. The van der Waals surface area contributed by atoms with Crippen LogP contribution < -0.4 is 20.4 Å². The van der Waals surface area contributed by atoms with Crippen molar-refractivity contribution in [3.8, 4) is 11.1 Å². The molecule has 0 spiro atoms. The predicted molar refractivity (Wildman–Crippen MR) is 260 cm³/mol. The molecule has 2 aromatic heterocycles. The highest BCUT2D eigenvalue weighted by atomic mass is 16.5. The van der Waals surface area contributed by atoms with Crippen LogP contribution in [0.3, 0.4) is 0 Å². The Balaban J connectivity index is 0.910. The van der Waals surface area contributed by atoms with E-state index in [1.54, 1.807) is 14.1 Å². The summed E-state index contributed by atoms with van der Waals surface area (Å²) in [6.45, 7) is 13.3. The molecule has 1 aliphatic heterocycles. The van der Waals surface area contributed by atoms with Crippen LogP contribution in [0.15, 0.2) is 54.9 Å². The van der Waals surface area contributed by atoms with Gasteiger partial charge in [-0.3, -0.25) is 14.5 Å². The Hall–Kier alpha value is -4.85. The predicted octanol–water partition coefficient (Wildman–Crippen LogP) is 8.12. The molecule has 1 saturated heterocycles. The highest BCUT2D eigenvalue weighted by Gasteiger charge is 2.26. The van der Waals surface area contributed by atoms with Gasteiger partial charge in [0.2, 0.25) is 18.3 Å². The largest absolute Gasteiger partial charge is 0.381 e. The van der Waals surface area contributed by atoms with Crippen LogP contribution >= 0.6 is 0 Å². The quantitative estimate of drug-likeness (QED) is 0.0472. The Morgan fingerprint density at radius 2 is 1.62 bits per heavy atom. The molecule has 1 atom stereocenters. The van der Waals surface area contributed by atoms with Gasteiger partial charge in [0.25, 0.3) is 0 Å². The van der Waals surface area contributed by atoms with Crippen molar-refractivity contribution in [2.45, 2.75) is 116 Å². The van der Waals surface area contributed by atoms with E-state index in [1.807, 2.05) is 36.3 Å². The molecule has 13 nitrogen and oxygen atoms in total. The maximum Gasteiger partial charge on any atom is 0.242 e. The van der Waals surface area contributed by atoms with E-state index in [9.17, 15) is 14.4 Å². The second-order valence-electron chi connectivity index (χ2n) is 18.0. The Labute approximate surface area is 382 Å². The van der Waals surface area contributed by atoms with Gasteiger partial charge < -0.3 is 39.4 Å². The number of aryl methyl sites for hydroxylation is 1. The van der Waals surface area contributed by atoms with Crippen LogP contribution in [0, 0.1) is 5.92 Å². The fraction of sp³-hybridized carbons (Fsp3) is 0.588. The number of amides is 2. The number of aromatic nitrogens is 3. The van der Waals surface area contributed by atoms with Crippen molar-refractivity contribution in [1.82, 2.24) is 29.7 Å². The molecule has 2 amide bonds. The van der Waals surface area contributed by atoms with Crippen molar-refractivity contribution in [3.63, 3.8) is 0 Å². The molecular formula is C51H75N9O4. The topological polar surface area (TPSA) is 128 Å². The molecule has 2 aliphatic rings. The summed E-state index contributed by atoms with van der Waals surface area (Å²) in [5, 5.41) is 7.37. The van der Waals surface area contributed by atoms with Crippen molar-refractivity contribution >= 4 is 47.0 Å². The molecule has 348 valence electrons. The molecule has 2 N–H and O–H groups in total. The molecule has 1 saturated carbocycles. The monoisotopic (exact) mass is 878 g/mol. The molecule has 2 fully saturated rings. The fourth-order valence-corrected chi connectivity index (χ4v) is 9.46. The standard InChI is InChI=1S/C51H75N9O4/c1-6-39(7-2)34-53-51-54-35-44-45(37-60(49(44)55-51)43-16-9-8-10-17-43)42-22-19-41(20-23-42)36-59-28-26-58(27-29-59)25-11-12-31-64-32-14-15-40-21-24-46(48(33-40)56(4)38-62)57(5)47(18-13-30-61)50(63)52-3/h19-24,30,33,35,37-39,43,47H,6-18,25-29,31-32,34,36H2,1-5H3,(H,52,63)(H,53,54,55). The van der Waals surface area contributed by atoms with Gasteiger partial charge in [0.05, 0.1) is 11.4 Å². The minimum atomic E-state index is -0.525. The minimum Gasteiger partial charge on any atom is -0.381 e. The number of carbonyl (C=O) groups excluding carboxylic acids is 3. The third kappa shape index (κ3) is 13.1. The van der Waals surface area contributed by atoms with Crippen molar-refractivity contribution in [3.05, 3.63) is 66.0 Å². The first kappa shape index (κ1) is 48.6. The van der Waals surface area contributed by atoms with Crippen LogP contribution in [-0.4, -0.2) is 123 Å². The summed E-state index contributed by atoms with van der Waals surface area (Å²) in [6, 6.07) is 15.2. The highest BCUT2D eigenvalue weighted by molar-refractivity contribution is 5.94. The normalized spacial score (nSPS) is 15.7. The number of nitrogens with zero attached hydrogens (tertiary/aromatic N) is 7. The van der Waals surface area contributed by atoms with E-state index in [2.05, 4.69) is 69.3 Å². The number of ether oxygens (including phenoxy) is 1. The Kier molecular flexibility index (Phi) is 19.0. The number of carbonyl (C=O) groups is 3. The maximum atomic E-state index is 12.6. The van der Waals surface area contributed by atoms with Gasteiger partial charge in [0, 0.05) is 109 Å². The van der Waals surface area contributed by atoms with Crippen molar-refractivity contribution in [1.29, 1.82) is 0 Å². The average Bonchev–Trinajstić information content (AvgIpc) is 3.72. The summed E-state index contributed by atoms with van der Waals surface area (Å²) in [6.07, 6.45) is 19.2. The highest BCUT2D eigenvalue weighted by Crippen LogP contribution is 2.37. The molecule has 0 bridgehead atoms. The molecule has 1 aliphatic carbocycles. The third-order valence-electron chi connectivity index (χ3n) is 13.7. The van der Waals surface area contributed by atoms with E-state index >= 15 is 0 Å². The number of hydrogen-bond acceptors (Lipinski definition) is 10. The van der Waals surface area contributed by atoms with Gasteiger partial charge in [0.15, 0.2) is 0 Å². The molecule has 3 heterocycles. The number of unbranched alkanes of at least 4 members (excludes halogenated alkanes) is 1. The van der Waals surface area contributed by atoms with Crippen LogP contribution in [0.25, 0.3) is 22.2 Å². The van der Waals surface area contributed by atoms with Gasteiger partial charge in [-0.2, -0.15) is 4.98 Å². The summed E-state index contributed by atoms with van der Waals surface area (Å²) >= 11 is 0. The van der Waals surface area contributed by atoms with E-state index < -0.39 is 6.04 Å². The summed E-state index contributed by atoms with van der Waals surface area (Å²) in [5.41, 5.74) is 7.45. The molecule has 4 aromatic rings. The number of aldehydes is 1. The maximum absolute atomic E-state index is 12.6. The number of nitrogens with one attached hydrogen (secondary N) is 2. The average molecular weight is 878 g/mol. The molecule has 13 heteroatoms. The van der Waals surface area contributed by atoms with E-state index in [4.69, 9.17) is 14.7 Å². The van der Waals surface area contributed by atoms with E-state index in [-0.39, 0.29) is 12.3 Å². The molecule has 6 rings (SSSR count). The van der Waals surface area contributed by atoms with Gasteiger partial charge in [-0.1, -0.05) is 76.3 Å². The number of rotatable bonds is 26. The lowest BCUT2D eigenvalue weighted by Crippen LogP contribution is -2.46. The van der Waals surface area contributed by atoms with Gasteiger partial charge in [-0.25, -0.2) is 4.98 Å². The number of fused-ring (bicyclic) bond motifs is 1. The van der Waals surface area contributed by atoms with Crippen molar-refractivity contribution in [2.24, 2.45) is 5.92 Å². The summed E-state index contributed by atoms with van der Waals surface area (Å²) in [7, 11) is 5.13. The first-order valence-electron chi connectivity index (χ1n) is 24.2. The lowest BCUT2D eigenvalue weighted by molar-refractivity contribution is -0.122. The van der Waals surface area contributed by atoms with E-state index in [1.165, 1.54) is 53.7 Å². The lowest BCUT2D eigenvalue weighted by Gasteiger charge is -2.34. The second-order valence-corrected chi connectivity index (χ2v) is 18.0. The first-order chi connectivity index (χ1) is 31.3. The molecule has 2 aromatic carbocycles. The van der Waals surface area contributed by atoms with Crippen molar-refractivity contribution in [2.75, 3.05) is 88.7 Å². The first-order valence-corrected chi connectivity index (χ1v) is 24.2. The Morgan fingerprint density at radius 1 is 0.906 bits per heavy atom. The van der Waals surface area contributed by atoms with Gasteiger partial charge in [-0.15, -0.1) is 0 Å². The summed E-state index contributed by atoms with van der Waals surface area (Å²) in [5.74, 6) is 1.20. The number of likely N-dealkylation sites (N-methyl/N-ethyl adjacent to an activating group) is 2. The van der Waals surface area contributed by atoms with Gasteiger partial charge in [-0.05, 0) is 86.2 Å². The fourth-order valence-electron chi connectivity index (χ4n) is 9.46. The third-order valence-corrected chi connectivity index (χ3v) is 13.7. The summed E-state index contributed by atoms with van der Waals surface area (Å²) < 4.78 is 8.48. The zero-order valence-electron chi connectivity index (χ0n) is 39.4. The molecule has 1 unspecified atom stereocenters. The number of anilines is 3. The Bertz CT molecular complexity index is 2050. The van der Waals surface area contributed by atoms with Crippen LogP contribution in [0.2, 0.25) is 0 Å². The Morgan fingerprint density at radius 3 is 2.33 bits per heavy atom.